The van der Waals surface area contributed by atoms with Gasteiger partial charge in [-0.25, -0.2) is 0 Å². The molecule has 0 bridgehead atoms. The van der Waals surface area contributed by atoms with E-state index < -0.39 is 5.97 Å². The van der Waals surface area contributed by atoms with Crippen molar-refractivity contribution in [2.45, 2.75) is 83.5 Å². The van der Waals surface area contributed by atoms with Crippen LogP contribution in [0.1, 0.15) is 83.5 Å². The van der Waals surface area contributed by atoms with Gasteiger partial charge in [0.1, 0.15) is 5.75 Å². The number of unbranched alkanes of at least 4 members (excludes halogenated alkanes) is 11. The molecule has 3 nitrogen and oxygen atoms in total. The summed E-state index contributed by atoms with van der Waals surface area (Å²) in [5.41, 5.74) is 0. The van der Waals surface area contributed by atoms with E-state index in [2.05, 4.69) is 79.9 Å². The number of carboxylic acids is 1. The van der Waals surface area contributed by atoms with Crippen molar-refractivity contribution in [1.29, 1.82) is 0 Å². The smallest absolute Gasteiger partial charge is 0.303 e. The van der Waals surface area contributed by atoms with Crippen LogP contribution in [-0.4, -0.2) is 17.7 Å². The molecule has 0 unspecified atom stereocenters. The van der Waals surface area contributed by atoms with Gasteiger partial charge in [-0.1, -0.05) is 64.2 Å². The van der Waals surface area contributed by atoms with Gasteiger partial charge >= 0.3 is 5.97 Å². The summed E-state index contributed by atoms with van der Waals surface area (Å²) in [4.78, 5) is 10.4. The Morgan fingerprint density at radius 1 is 0.741 bits per heavy atom. The van der Waals surface area contributed by atoms with Gasteiger partial charge in [-0.15, -0.1) is 0 Å². The number of rotatable bonds is 16. The lowest BCUT2D eigenvalue weighted by Crippen LogP contribution is -2.01. The molecule has 0 fully saturated rings. The first-order valence-corrected chi connectivity index (χ1v) is 13.2. The molecule has 0 aliphatic rings. The number of ether oxygens (including phenoxy) is 1. The lowest BCUT2D eigenvalue weighted by molar-refractivity contribution is -0.137. The molecule has 1 N–H and O–H groups in total. The lowest BCUT2D eigenvalue weighted by Gasteiger charge is -2.11. The summed E-state index contributed by atoms with van der Waals surface area (Å²) >= 11 is 7.06. The molecule has 1 rings (SSSR count). The second-order valence-corrected chi connectivity index (χ2v) is 10.5. The summed E-state index contributed by atoms with van der Waals surface area (Å²) in [6.45, 7) is 0.814. The molecule has 0 aliphatic carbocycles. The number of hydrogen-bond acceptors (Lipinski definition) is 2. The largest absolute Gasteiger partial charge is 0.491 e. The summed E-state index contributed by atoms with van der Waals surface area (Å²) < 4.78 is 9.64. The maximum atomic E-state index is 10.4. The van der Waals surface area contributed by atoms with Crippen LogP contribution in [0, 0.1) is 10.7 Å². The molecular formula is C21H31I3O3. The highest BCUT2D eigenvalue weighted by Gasteiger charge is 2.07. The van der Waals surface area contributed by atoms with Gasteiger partial charge in [0.15, 0.2) is 0 Å². The number of hydrogen-bond donors (Lipinski definition) is 1. The summed E-state index contributed by atoms with van der Waals surface area (Å²) in [6, 6.07) is 4.32. The lowest BCUT2D eigenvalue weighted by atomic mass is 10.0. The minimum Gasteiger partial charge on any atom is -0.491 e. The van der Waals surface area contributed by atoms with Gasteiger partial charge in [0.25, 0.3) is 0 Å². The van der Waals surface area contributed by atoms with Crippen LogP contribution in [0.25, 0.3) is 0 Å². The van der Waals surface area contributed by atoms with Crippen LogP contribution in [0.4, 0.5) is 0 Å². The van der Waals surface area contributed by atoms with E-state index in [-0.39, 0.29) is 0 Å². The molecule has 0 heterocycles. The fraction of sp³-hybridized carbons (Fsp3) is 0.667. The Hall–Kier alpha value is 0.680. The van der Waals surface area contributed by atoms with Gasteiger partial charge in [-0.05, 0) is 92.7 Å². The van der Waals surface area contributed by atoms with E-state index in [0.717, 1.165) is 31.6 Å². The van der Waals surface area contributed by atoms with Crippen molar-refractivity contribution in [2.24, 2.45) is 0 Å². The molecule has 0 saturated carbocycles. The molecule has 0 saturated heterocycles. The third-order valence-electron chi connectivity index (χ3n) is 4.49. The van der Waals surface area contributed by atoms with Crippen LogP contribution in [-0.2, 0) is 4.79 Å². The van der Waals surface area contributed by atoms with Crippen molar-refractivity contribution in [3.05, 3.63) is 22.8 Å². The predicted molar refractivity (Wildman–Crippen MR) is 138 cm³/mol. The molecule has 6 heteroatoms. The first kappa shape index (κ1) is 25.7. The Balaban J connectivity index is 1.88. The van der Waals surface area contributed by atoms with Gasteiger partial charge in [-0.3, -0.25) is 4.79 Å². The van der Waals surface area contributed by atoms with Crippen LogP contribution in [0.15, 0.2) is 12.1 Å². The minimum atomic E-state index is -0.666. The molecule has 0 aromatic heterocycles. The van der Waals surface area contributed by atoms with E-state index in [4.69, 9.17) is 9.84 Å². The summed E-state index contributed by atoms with van der Waals surface area (Å²) in [6.07, 6.45) is 15.0. The van der Waals surface area contributed by atoms with Gasteiger partial charge < -0.3 is 9.84 Å². The zero-order chi connectivity index (χ0) is 19.9. The second kappa shape index (κ2) is 16.5. The summed E-state index contributed by atoms with van der Waals surface area (Å²) in [5.74, 6) is 0.375. The standard InChI is InChI=1S/C21H31I3O3/c22-17-15-18(23)21(19(24)16-17)27-14-12-10-8-6-4-2-1-3-5-7-9-11-13-20(25)26/h15-16H,1-14H2,(H,25,26). The fourth-order valence-electron chi connectivity index (χ4n) is 2.99. The van der Waals surface area contributed by atoms with Crippen LogP contribution in [0.5, 0.6) is 5.75 Å². The number of halogens is 3. The maximum Gasteiger partial charge on any atom is 0.303 e. The zero-order valence-electron chi connectivity index (χ0n) is 16.0. The third-order valence-corrected chi connectivity index (χ3v) is 6.72. The van der Waals surface area contributed by atoms with Gasteiger partial charge in [0.2, 0.25) is 0 Å². The quantitative estimate of drug-likeness (QED) is 0.140. The van der Waals surface area contributed by atoms with Crippen molar-refractivity contribution in [2.75, 3.05) is 6.61 Å². The molecule has 1 aromatic rings. The molecular weight excluding hydrogens is 681 g/mol. The molecule has 27 heavy (non-hydrogen) atoms. The number of carboxylic acid groups (broad SMARTS) is 1. The fourth-order valence-corrected chi connectivity index (χ4v) is 6.88. The number of carbonyl (C=O) groups is 1. The first-order chi connectivity index (χ1) is 13.0. The molecule has 1 aromatic carbocycles. The highest BCUT2D eigenvalue weighted by atomic mass is 127. The van der Waals surface area contributed by atoms with Crippen molar-refractivity contribution in [1.82, 2.24) is 0 Å². The van der Waals surface area contributed by atoms with Crippen LogP contribution in [0.2, 0.25) is 0 Å². The zero-order valence-corrected chi connectivity index (χ0v) is 22.4. The van der Waals surface area contributed by atoms with Crippen LogP contribution in [0.3, 0.4) is 0 Å². The average Bonchev–Trinajstić information content (AvgIpc) is 2.59. The van der Waals surface area contributed by atoms with Gasteiger partial charge in [-0.2, -0.15) is 0 Å². The number of benzene rings is 1. The molecule has 0 radical (unpaired) electrons. The normalized spacial score (nSPS) is 10.9. The molecule has 0 aliphatic heterocycles. The van der Waals surface area contributed by atoms with E-state index in [0.29, 0.717) is 6.42 Å². The molecule has 0 spiro atoms. The van der Waals surface area contributed by atoms with E-state index >= 15 is 0 Å². The van der Waals surface area contributed by atoms with Crippen molar-refractivity contribution in [3.63, 3.8) is 0 Å². The Kier molecular flexibility index (Phi) is 15.7. The predicted octanol–water partition coefficient (Wildman–Crippen LogP) is 8.04. The van der Waals surface area contributed by atoms with Crippen molar-refractivity contribution >= 4 is 73.7 Å². The highest BCUT2D eigenvalue weighted by Crippen LogP contribution is 2.29. The SMILES string of the molecule is O=C(O)CCCCCCCCCCCCCCOc1c(I)cc(I)cc1I. The van der Waals surface area contributed by atoms with E-state index in [1.165, 1.54) is 68.5 Å². The maximum absolute atomic E-state index is 10.4. The number of aliphatic carboxylic acids is 1. The van der Waals surface area contributed by atoms with E-state index in [1.807, 2.05) is 0 Å². The van der Waals surface area contributed by atoms with Crippen LogP contribution >= 0.6 is 67.8 Å². The Bertz CT molecular complexity index is 526. The average molecular weight is 712 g/mol. The van der Waals surface area contributed by atoms with Gasteiger partial charge in [0.05, 0.1) is 13.7 Å². The van der Waals surface area contributed by atoms with Crippen molar-refractivity contribution < 1.29 is 14.6 Å². The third kappa shape index (κ3) is 13.5. The monoisotopic (exact) mass is 712 g/mol. The van der Waals surface area contributed by atoms with Gasteiger partial charge in [0, 0.05) is 9.99 Å². The summed E-state index contributed by atoms with van der Waals surface area (Å²) in [5, 5.41) is 8.58. The Morgan fingerprint density at radius 3 is 1.59 bits per heavy atom. The van der Waals surface area contributed by atoms with Crippen LogP contribution < -0.4 is 4.74 Å². The molecule has 0 amide bonds. The second-order valence-electron chi connectivity index (χ2n) is 6.93. The Labute approximate surface area is 205 Å². The van der Waals surface area contributed by atoms with Crippen molar-refractivity contribution in [3.8, 4) is 5.75 Å². The summed E-state index contributed by atoms with van der Waals surface area (Å²) in [7, 11) is 0. The van der Waals surface area contributed by atoms with E-state index in [9.17, 15) is 4.79 Å². The topological polar surface area (TPSA) is 46.5 Å². The molecule has 154 valence electrons. The first-order valence-electron chi connectivity index (χ1n) is 10.00. The Morgan fingerprint density at radius 2 is 1.15 bits per heavy atom. The van der Waals surface area contributed by atoms with E-state index in [1.54, 1.807) is 0 Å². The highest BCUT2D eigenvalue weighted by molar-refractivity contribution is 14.1. The molecule has 0 atom stereocenters. The minimum absolute atomic E-state index is 0.328.